The zero-order chi connectivity index (χ0) is 17.4. The van der Waals surface area contributed by atoms with Crippen LogP contribution >= 0.6 is 11.8 Å². The molecule has 0 unspecified atom stereocenters. The molecule has 8 heteroatoms. The third-order valence-electron chi connectivity index (χ3n) is 4.67. The van der Waals surface area contributed by atoms with Crippen LogP contribution in [0.25, 0.3) is 5.65 Å². The van der Waals surface area contributed by atoms with Gasteiger partial charge in [-0.05, 0) is 26.2 Å². The number of fused-ring (bicyclic) bond motifs is 1. The number of aromatic nitrogens is 5. The predicted molar refractivity (Wildman–Crippen MR) is 101 cm³/mol. The molecule has 1 aliphatic heterocycles. The van der Waals surface area contributed by atoms with Crippen LogP contribution < -0.4 is 9.80 Å². The lowest BCUT2D eigenvalue weighted by atomic mass is 10.2. The molecule has 0 atom stereocenters. The van der Waals surface area contributed by atoms with Gasteiger partial charge in [0.25, 0.3) is 0 Å². The molecule has 0 radical (unpaired) electrons. The van der Waals surface area contributed by atoms with E-state index >= 15 is 0 Å². The zero-order valence-corrected chi connectivity index (χ0v) is 15.5. The number of thioether (sulfide) groups is 1. The minimum Gasteiger partial charge on any atom is -0.353 e. The van der Waals surface area contributed by atoms with Crippen molar-refractivity contribution in [2.45, 2.75) is 19.0 Å². The van der Waals surface area contributed by atoms with E-state index in [4.69, 9.17) is 9.97 Å². The second-order valence-electron chi connectivity index (χ2n) is 6.14. The molecule has 3 aromatic heterocycles. The van der Waals surface area contributed by atoms with Gasteiger partial charge in [-0.1, -0.05) is 11.8 Å². The van der Waals surface area contributed by atoms with Crippen LogP contribution in [0.15, 0.2) is 29.7 Å². The van der Waals surface area contributed by atoms with Crippen LogP contribution in [0.3, 0.4) is 0 Å². The standard InChI is InChI=1S/C17H21N7S/c1-12-13(2)19-17(25-3)21-16(12)23-10-8-22(9-11-23)14-5-7-24-15(20-14)4-6-18-24/h4-7H,8-11H2,1-3H3. The highest BCUT2D eigenvalue weighted by Crippen LogP contribution is 2.25. The van der Waals surface area contributed by atoms with E-state index in [1.54, 1.807) is 22.5 Å². The molecule has 1 saturated heterocycles. The maximum atomic E-state index is 4.74. The minimum atomic E-state index is 0.841. The Kier molecular flexibility index (Phi) is 4.20. The van der Waals surface area contributed by atoms with Crippen LogP contribution in [0, 0.1) is 13.8 Å². The van der Waals surface area contributed by atoms with Gasteiger partial charge in [-0.2, -0.15) is 5.10 Å². The maximum Gasteiger partial charge on any atom is 0.189 e. The van der Waals surface area contributed by atoms with Crippen molar-refractivity contribution in [3.05, 3.63) is 35.8 Å². The minimum absolute atomic E-state index is 0.841. The SMILES string of the molecule is CSc1nc(C)c(C)c(N2CCN(c3ccn4nccc4n3)CC2)n1. The van der Waals surface area contributed by atoms with Gasteiger partial charge < -0.3 is 9.80 Å². The molecule has 130 valence electrons. The number of anilines is 2. The van der Waals surface area contributed by atoms with Crippen molar-refractivity contribution in [2.24, 2.45) is 0 Å². The second-order valence-corrected chi connectivity index (χ2v) is 6.91. The predicted octanol–water partition coefficient (Wildman–Crippen LogP) is 2.18. The summed E-state index contributed by atoms with van der Waals surface area (Å²) >= 11 is 1.59. The van der Waals surface area contributed by atoms with E-state index in [0.29, 0.717) is 0 Å². The van der Waals surface area contributed by atoms with Crippen LogP contribution in [-0.2, 0) is 0 Å². The Balaban J connectivity index is 1.52. The van der Waals surface area contributed by atoms with Crippen molar-refractivity contribution in [2.75, 3.05) is 42.2 Å². The quantitative estimate of drug-likeness (QED) is 0.527. The fourth-order valence-corrected chi connectivity index (χ4v) is 3.52. The Bertz CT molecular complexity index is 899. The van der Waals surface area contributed by atoms with Crippen molar-refractivity contribution in [1.29, 1.82) is 0 Å². The van der Waals surface area contributed by atoms with Crippen molar-refractivity contribution >= 4 is 29.0 Å². The highest BCUT2D eigenvalue weighted by Gasteiger charge is 2.22. The summed E-state index contributed by atoms with van der Waals surface area (Å²) in [6, 6.07) is 3.96. The molecule has 1 aliphatic rings. The van der Waals surface area contributed by atoms with Crippen LogP contribution in [-0.4, -0.2) is 57.0 Å². The normalized spacial score (nSPS) is 15.2. The topological polar surface area (TPSA) is 62.5 Å². The second kappa shape index (κ2) is 6.51. The number of hydrogen-bond donors (Lipinski definition) is 0. The third-order valence-corrected chi connectivity index (χ3v) is 5.22. The van der Waals surface area contributed by atoms with Crippen LogP contribution in [0.4, 0.5) is 11.6 Å². The van der Waals surface area contributed by atoms with Gasteiger partial charge in [0.05, 0.1) is 6.20 Å². The third kappa shape index (κ3) is 3.02. The van der Waals surface area contributed by atoms with E-state index in [2.05, 4.69) is 33.7 Å². The van der Waals surface area contributed by atoms with E-state index in [1.165, 1.54) is 5.56 Å². The molecule has 0 amide bonds. The number of aryl methyl sites for hydroxylation is 1. The summed E-state index contributed by atoms with van der Waals surface area (Å²) in [5, 5.41) is 5.04. The van der Waals surface area contributed by atoms with Crippen LogP contribution in [0.5, 0.6) is 0 Å². The monoisotopic (exact) mass is 355 g/mol. The molecule has 0 spiro atoms. The molecule has 0 saturated carbocycles. The first kappa shape index (κ1) is 16.1. The fraction of sp³-hybridized carbons (Fsp3) is 0.412. The molecule has 0 N–H and O–H groups in total. The molecule has 1 fully saturated rings. The Morgan fingerprint density at radius 2 is 1.72 bits per heavy atom. The smallest absolute Gasteiger partial charge is 0.189 e. The molecule has 0 aromatic carbocycles. The molecular formula is C17H21N7S. The van der Waals surface area contributed by atoms with Gasteiger partial charge in [-0.25, -0.2) is 19.5 Å². The summed E-state index contributed by atoms with van der Waals surface area (Å²) in [6.07, 6.45) is 5.75. The molecule has 4 rings (SSSR count). The maximum absolute atomic E-state index is 4.74. The first-order valence-corrected chi connectivity index (χ1v) is 9.57. The molecule has 25 heavy (non-hydrogen) atoms. The van der Waals surface area contributed by atoms with Crippen LogP contribution in [0.2, 0.25) is 0 Å². The summed E-state index contributed by atoms with van der Waals surface area (Å²) < 4.78 is 1.79. The van der Waals surface area contributed by atoms with E-state index in [-0.39, 0.29) is 0 Å². The van der Waals surface area contributed by atoms with Crippen LogP contribution in [0.1, 0.15) is 11.3 Å². The van der Waals surface area contributed by atoms with Crippen molar-refractivity contribution in [1.82, 2.24) is 24.6 Å². The highest BCUT2D eigenvalue weighted by atomic mass is 32.2. The van der Waals surface area contributed by atoms with E-state index in [1.807, 2.05) is 24.6 Å². The molecule has 3 aromatic rings. The summed E-state index contributed by atoms with van der Waals surface area (Å²) in [5.74, 6) is 2.07. The largest absolute Gasteiger partial charge is 0.353 e. The van der Waals surface area contributed by atoms with Gasteiger partial charge in [0.2, 0.25) is 0 Å². The summed E-state index contributed by atoms with van der Waals surface area (Å²) in [5.41, 5.74) is 3.11. The van der Waals surface area contributed by atoms with Gasteiger partial charge in [0.1, 0.15) is 11.6 Å². The first-order valence-electron chi connectivity index (χ1n) is 8.35. The number of piperazine rings is 1. The average molecular weight is 355 g/mol. The Hall–Kier alpha value is -2.35. The summed E-state index contributed by atoms with van der Waals surface area (Å²) in [6.45, 7) is 7.87. The Morgan fingerprint density at radius 3 is 2.48 bits per heavy atom. The van der Waals surface area contributed by atoms with Gasteiger partial charge >= 0.3 is 0 Å². The van der Waals surface area contributed by atoms with Gasteiger partial charge in [0.15, 0.2) is 10.8 Å². The first-order chi connectivity index (χ1) is 12.2. The summed E-state index contributed by atoms with van der Waals surface area (Å²) in [4.78, 5) is 18.6. The molecule has 4 heterocycles. The number of hydrogen-bond acceptors (Lipinski definition) is 7. The molecule has 7 nitrogen and oxygen atoms in total. The lowest BCUT2D eigenvalue weighted by molar-refractivity contribution is 0.635. The van der Waals surface area contributed by atoms with E-state index < -0.39 is 0 Å². The molecule has 0 aliphatic carbocycles. The lowest BCUT2D eigenvalue weighted by Gasteiger charge is -2.36. The Labute approximate surface area is 151 Å². The zero-order valence-electron chi connectivity index (χ0n) is 14.7. The van der Waals surface area contributed by atoms with Gasteiger partial charge in [-0.15, -0.1) is 0 Å². The number of nitrogens with zero attached hydrogens (tertiary/aromatic N) is 7. The van der Waals surface area contributed by atoms with Crippen molar-refractivity contribution < 1.29 is 0 Å². The van der Waals surface area contributed by atoms with Gasteiger partial charge in [0, 0.05) is 49.7 Å². The average Bonchev–Trinajstić information content (AvgIpc) is 3.12. The van der Waals surface area contributed by atoms with E-state index in [0.717, 1.165) is 54.3 Å². The lowest BCUT2D eigenvalue weighted by Crippen LogP contribution is -2.47. The molecule has 0 bridgehead atoms. The number of rotatable bonds is 3. The summed E-state index contributed by atoms with van der Waals surface area (Å²) in [7, 11) is 0. The highest BCUT2D eigenvalue weighted by molar-refractivity contribution is 7.98. The Morgan fingerprint density at radius 1 is 0.960 bits per heavy atom. The van der Waals surface area contributed by atoms with Crippen molar-refractivity contribution in [3.8, 4) is 0 Å². The van der Waals surface area contributed by atoms with Crippen molar-refractivity contribution in [3.63, 3.8) is 0 Å². The fourth-order valence-electron chi connectivity index (χ4n) is 3.11. The molecular weight excluding hydrogens is 334 g/mol. The van der Waals surface area contributed by atoms with Gasteiger partial charge in [-0.3, -0.25) is 0 Å². The van der Waals surface area contributed by atoms with E-state index in [9.17, 15) is 0 Å².